The SMILES string of the molecule is Cc1c(-c2nc(C3CC3)c(C(=O)O)s2)cnn1C. The first-order valence-corrected chi connectivity index (χ1v) is 6.62. The van der Waals surface area contributed by atoms with Crippen molar-refractivity contribution in [3.05, 3.63) is 22.5 Å². The normalized spacial score (nSPS) is 15.0. The molecule has 1 aliphatic carbocycles. The molecule has 0 radical (unpaired) electrons. The number of hydrogen-bond acceptors (Lipinski definition) is 4. The lowest BCUT2D eigenvalue weighted by Crippen LogP contribution is -1.97. The second-order valence-corrected chi connectivity index (χ2v) is 5.58. The summed E-state index contributed by atoms with van der Waals surface area (Å²) in [4.78, 5) is 16.1. The standard InChI is InChI=1S/C12H13N3O2S/c1-6-8(5-13-15(6)2)11-14-9(7-3-4-7)10(18-11)12(16)17/h5,7H,3-4H2,1-2H3,(H,16,17). The third-order valence-electron chi connectivity index (χ3n) is 3.28. The van der Waals surface area contributed by atoms with E-state index >= 15 is 0 Å². The topological polar surface area (TPSA) is 68.0 Å². The molecule has 5 nitrogen and oxygen atoms in total. The predicted molar refractivity (Wildman–Crippen MR) is 68.0 cm³/mol. The number of thiazole rings is 1. The predicted octanol–water partition coefficient (Wildman–Crippen LogP) is 2.43. The molecule has 18 heavy (non-hydrogen) atoms. The Morgan fingerprint density at radius 2 is 2.28 bits per heavy atom. The van der Waals surface area contributed by atoms with Gasteiger partial charge in [0.1, 0.15) is 9.88 Å². The summed E-state index contributed by atoms with van der Waals surface area (Å²) in [6.07, 6.45) is 3.85. The van der Waals surface area contributed by atoms with Gasteiger partial charge in [-0.05, 0) is 19.8 Å². The van der Waals surface area contributed by atoms with Gasteiger partial charge in [-0.3, -0.25) is 4.68 Å². The van der Waals surface area contributed by atoms with Crippen LogP contribution in [0.3, 0.4) is 0 Å². The number of nitrogens with zero attached hydrogens (tertiary/aromatic N) is 3. The number of carboxylic acids is 1. The van der Waals surface area contributed by atoms with Gasteiger partial charge in [0.05, 0.1) is 17.5 Å². The van der Waals surface area contributed by atoms with Crippen molar-refractivity contribution < 1.29 is 9.90 Å². The van der Waals surface area contributed by atoms with Crippen LogP contribution in [0.4, 0.5) is 0 Å². The van der Waals surface area contributed by atoms with Crippen LogP contribution in [0, 0.1) is 6.92 Å². The van der Waals surface area contributed by atoms with E-state index in [1.165, 1.54) is 11.3 Å². The summed E-state index contributed by atoms with van der Waals surface area (Å²) in [7, 11) is 1.87. The molecule has 0 unspecified atom stereocenters. The lowest BCUT2D eigenvalue weighted by atomic mass is 10.2. The Hall–Kier alpha value is -1.69. The smallest absolute Gasteiger partial charge is 0.347 e. The largest absolute Gasteiger partial charge is 0.477 e. The molecule has 1 fully saturated rings. The molecule has 0 saturated heterocycles. The monoisotopic (exact) mass is 263 g/mol. The number of aromatic carboxylic acids is 1. The van der Waals surface area contributed by atoms with Crippen molar-refractivity contribution in [2.75, 3.05) is 0 Å². The summed E-state index contributed by atoms with van der Waals surface area (Å²) in [6.45, 7) is 1.96. The molecular weight excluding hydrogens is 250 g/mol. The Bertz CT molecular complexity index is 625. The number of carbonyl (C=O) groups is 1. The van der Waals surface area contributed by atoms with Crippen LogP contribution in [0.25, 0.3) is 10.6 Å². The Labute approximate surface area is 108 Å². The van der Waals surface area contributed by atoms with Crippen LogP contribution < -0.4 is 0 Å². The second-order valence-electron chi connectivity index (χ2n) is 4.58. The van der Waals surface area contributed by atoms with E-state index < -0.39 is 5.97 Å². The Morgan fingerprint density at radius 1 is 1.56 bits per heavy atom. The van der Waals surface area contributed by atoms with E-state index in [0.717, 1.165) is 34.8 Å². The van der Waals surface area contributed by atoms with E-state index in [-0.39, 0.29) is 0 Å². The van der Waals surface area contributed by atoms with Crippen LogP contribution in [0.1, 0.15) is 39.8 Å². The minimum atomic E-state index is -0.873. The van der Waals surface area contributed by atoms with E-state index in [0.29, 0.717) is 10.8 Å². The number of hydrogen-bond donors (Lipinski definition) is 1. The van der Waals surface area contributed by atoms with Crippen molar-refractivity contribution in [2.24, 2.45) is 7.05 Å². The summed E-state index contributed by atoms with van der Waals surface area (Å²) in [5, 5.41) is 14.2. The van der Waals surface area contributed by atoms with Crippen molar-refractivity contribution >= 4 is 17.3 Å². The molecule has 0 atom stereocenters. The molecule has 0 amide bonds. The highest BCUT2D eigenvalue weighted by Crippen LogP contribution is 2.44. The van der Waals surface area contributed by atoms with E-state index in [4.69, 9.17) is 0 Å². The molecule has 2 aromatic heterocycles. The zero-order chi connectivity index (χ0) is 12.9. The van der Waals surface area contributed by atoms with Crippen molar-refractivity contribution in [1.82, 2.24) is 14.8 Å². The van der Waals surface area contributed by atoms with Crippen LogP contribution >= 0.6 is 11.3 Å². The maximum absolute atomic E-state index is 11.2. The van der Waals surface area contributed by atoms with Gasteiger partial charge in [-0.2, -0.15) is 5.10 Å². The number of rotatable bonds is 3. The Morgan fingerprint density at radius 3 is 2.78 bits per heavy atom. The van der Waals surface area contributed by atoms with Crippen molar-refractivity contribution in [3.8, 4) is 10.6 Å². The molecule has 1 aliphatic rings. The molecule has 0 aliphatic heterocycles. The highest BCUT2D eigenvalue weighted by atomic mass is 32.1. The van der Waals surface area contributed by atoms with Gasteiger partial charge >= 0.3 is 5.97 Å². The maximum Gasteiger partial charge on any atom is 0.347 e. The van der Waals surface area contributed by atoms with E-state index in [1.807, 2.05) is 14.0 Å². The van der Waals surface area contributed by atoms with E-state index in [2.05, 4.69) is 10.1 Å². The number of aryl methyl sites for hydroxylation is 1. The fraction of sp³-hybridized carbons (Fsp3) is 0.417. The third kappa shape index (κ3) is 1.73. The lowest BCUT2D eigenvalue weighted by molar-refractivity contribution is 0.0700. The molecule has 1 N–H and O–H groups in total. The van der Waals surface area contributed by atoms with Crippen LogP contribution in [0.2, 0.25) is 0 Å². The number of carboxylic acid groups (broad SMARTS) is 1. The molecule has 0 bridgehead atoms. The highest BCUT2D eigenvalue weighted by molar-refractivity contribution is 7.17. The van der Waals surface area contributed by atoms with Crippen molar-refractivity contribution in [2.45, 2.75) is 25.7 Å². The van der Waals surface area contributed by atoms with Gasteiger partial charge in [0.2, 0.25) is 0 Å². The molecule has 6 heteroatoms. The average molecular weight is 263 g/mol. The maximum atomic E-state index is 11.2. The minimum Gasteiger partial charge on any atom is -0.477 e. The fourth-order valence-corrected chi connectivity index (χ4v) is 2.99. The molecule has 2 aromatic rings. The van der Waals surface area contributed by atoms with Crippen LogP contribution in [0.5, 0.6) is 0 Å². The molecule has 94 valence electrons. The van der Waals surface area contributed by atoms with Gasteiger partial charge in [-0.1, -0.05) is 0 Å². The Kier molecular flexibility index (Phi) is 2.48. The quantitative estimate of drug-likeness (QED) is 0.923. The first kappa shape index (κ1) is 11.4. The molecule has 1 saturated carbocycles. The van der Waals surface area contributed by atoms with Gasteiger partial charge in [-0.25, -0.2) is 9.78 Å². The van der Waals surface area contributed by atoms with Crippen LogP contribution in [0.15, 0.2) is 6.20 Å². The fourth-order valence-electron chi connectivity index (χ4n) is 1.94. The highest BCUT2D eigenvalue weighted by Gasteiger charge is 2.32. The second kappa shape index (κ2) is 3.91. The summed E-state index contributed by atoms with van der Waals surface area (Å²) in [5.74, 6) is -0.528. The third-order valence-corrected chi connectivity index (χ3v) is 4.37. The number of aromatic nitrogens is 3. The Balaban J connectivity index is 2.10. The zero-order valence-electron chi connectivity index (χ0n) is 10.2. The summed E-state index contributed by atoms with van der Waals surface area (Å²) in [6, 6.07) is 0. The first-order chi connectivity index (χ1) is 8.58. The minimum absolute atomic E-state index is 0.345. The lowest BCUT2D eigenvalue weighted by Gasteiger charge is -1.95. The van der Waals surface area contributed by atoms with Gasteiger partial charge < -0.3 is 5.11 Å². The molecule has 0 spiro atoms. The van der Waals surface area contributed by atoms with Gasteiger partial charge in [0, 0.05) is 18.7 Å². The van der Waals surface area contributed by atoms with Crippen LogP contribution in [-0.4, -0.2) is 25.8 Å². The average Bonchev–Trinajstić information content (AvgIpc) is 3.00. The molecule has 0 aromatic carbocycles. The van der Waals surface area contributed by atoms with E-state index in [9.17, 15) is 9.90 Å². The summed E-state index contributed by atoms with van der Waals surface area (Å²) < 4.78 is 1.77. The first-order valence-electron chi connectivity index (χ1n) is 5.81. The summed E-state index contributed by atoms with van der Waals surface area (Å²) in [5.41, 5.74) is 2.69. The molecule has 3 rings (SSSR count). The van der Waals surface area contributed by atoms with Gasteiger partial charge in [-0.15, -0.1) is 11.3 Å². The molecular formula is C12H13N3O2S. The summed E-state index contributed by atoms with van der Waals surface area (Å²) >= 11 is 1.25. The molecule has 2 heterocycles. The van der Waals surface area contributed by atoms with Crippen molar-refractivity contribution in [3.63, 3.8) is 0 Å². The van der Waals surface area contributed by atoms with Crippen molar-refractivity contribution in [1.29, 1.82) is 0 Å². The van der Waals surface area contributed by atoms with Gasteiger partial charge in [0.15, 0.2) is 0 Å². The van der Waals surface area contributed by atoms with E-state index in [1.54, 1.807) is 10.9 Å². The van der Waals surface area contributed by atoms with Crippen LogP contribution in [-0.2, 0) is 7.05 Å². The zero-order valence-corrected chi connectivity index (χ0v) is 11.0. The van der Waals surface area contributed by atoms with Gasteiger partial charge in [0.25, 0.3) is 0 Å².